The van der Waals surface area contributed by atoms with Crippen molar-refractivity contribution in [2.45, 2.75) is 18.9 Å². The van der Waals surface area contributed by atoms with Crippen LogP contribution in [0.3, 0.4) is 0 Å². The first-order valence-electron chi connectivity index (χ1n) is 6.73. The summed E-state index contributed by atoms with van der Waals surface area (Å²) in [5, 5.41) is 26.9. The molecule has 0 aliphatic rings. The summed E-state index contributed by atoms with van der Waals surface area (Å²) >= 11 is 0. The van der Waals surface area contributed by atoms with E-state index in [-0.39, 0.29) is 17.9 Å². The van der Waals surface area contributed by atoms with Crippen LogP contribution in [0.4, 0.5) is 5.69 Å². The Morgan fingerprint density at radius 3 is 2.57 bits per heavy atom. The van der Waals surface area contributed by atoms with E-state index < -0.39 is 17.9 Å². The monoisotopic (exact) mass is 295 g/mol. The van der Waals surface area contributed by atoms with Crippen LogP contribution in [0.15, 0.2) is 24.3 Å². The summed E-state index contributed by atoms with van der Waals surface area (Å²) in [7, 11) is 1.81. The maximum absolute atomic E-state index is 11.8. The van der Waals surface area contributed by atoms with E-state index in [1.54, 1.807) is 18.2 Å². The van der Waals surface area contributed by atoms with Crippen molar-refractivity contribution < 1.29 is 19.8 Å². The second-order valence-electron chi connectivity index (χ2n) is 4.57. The number of carboxylic acid groups (broad SMARTS) is 1. The highest BCUT2D eigenvalue weighted by Gasteiger charge is 2.20. The van der Waals surface area contributed by atoms with Gasteiger partial charge in [-0.1, -0.05) is 12.1 Å². The Labute approximate surface area is 123 Å². The molecule has 1 atom stereocenters. The standard InChI is InChI=1S/C14H21N3O4/c1-15-7-4-8-16-11(14(20)21)9-13(19)17-10-5-2-3-6-12(10)18/h2-3,5-6,11,15-16,18H,4,7-9H2,1H3,(H,17,19)(H,20,21)/t11-/m1/s1. The zero-order valence-electron chi connectivity index (χ0n) is 11.9. The molecule has 0 saturated carbocycles. The molecule has 1 aromatic rings. The number of rotatable bonds is 9. The van der Waals surface area contributed by atoms with Gasteiger partial charge in [0.25, 0.3) is 0 Å². The number of amides is 1. The van der Waals surface area contributed by atoms with Gasteiger partial charge in [0.2, 0.25) is 5.91 Å². The van der Waals surface area contributed by atoms with Crippen molar-refractivity contribution in [1.82, 2.24) is 10.6 Å². The molecule has 7 nitrogen and oxygen atoms in total. The molecule has 7 heteroatoms. The van der Waals surface area contributed by atoms with Crippen molar-refractivity contribution in [2.75, 3.05) is 25.5 Å². The lowest BCUT2D eigenvalue weighted by Gasteiger charge is -2.14. The van der Waals surface area contributed by atoms with Crippen molar-refractivity contribution in [1.29, 1.82) is 0 Å². The lowest BCUT2D eigenvalue weighted by Crippen LogP contribution is -2.40. The molecular formula is C14H21N3O4. The Hall–Kier alpha value is -2.12. The average Bonchev–Trinajstić information content (AvgIpc) is 2.44. The quantitative estimate of drug-likeness (QED) is 0.332. The summed E-state index contributed by atoms with van der Waals surface area (Å²) in [4.78, 5) is 22.9. The van der Waals surface area contributed by atoms with Crippen molar-refractivity contribution in [3.05, 3.63) is 24.3 Å². The number of phenols is 1. The molecule has 116 valence electrons. The van der Waals surface area contributed by atoms with E-state index in [0.717, 1.165) is 13.0 Å². The third-order valence-electron chi connectivity index (χ3n) is 2.86. The van der Waals surface area contributed by atoms with Gasteiger partial charge in [0.1, 0.15) is 11.8 Å². The van der Waals surface area contributed by atoms with Crippen LogP contribution in [0.5, 0.6) is 5.75 Å². The molecule has 5 N–H and O–H groups in total. The predicted octanol–water partition coefficient (Wildman–Crippen LogP) is 0.373. The molecule has 0 heterocycles. The van der Waals surface area contributed by atoms with Crippen LogP contribution in [0, 0.1) is 0 Å². The number of para-hydroxylation sites is 2. The minimum Gasteiger partial charge on any atom is -0.506 e. The van der Waals surface area contributed by atoms with Gasteiger partial charge in [-0.2, -0.15) is 0 Å². The minimum atomic E-state index is -1.08. The fourth-order valence-electron chi connectivity index (χ4n) is 1.75. The van der Waals surface area contributed by atoms with Gasteiger partial charge in [-0.3, -0.25) is 9.59 Å². The Morgan fingerprint density at radius 2 is 1.95 bits per heavy atom. The summed E-state index contributed by atoms with van der Waals surface area (Å²) in [6.07, 6.45) is 0.560. The van der Waals surface area contributed by atoms with Gasteiger partial charge < -0.3 is 26.2 Å². The van der Waals surface area contributed by atoms with Crippen molar-refractivity contribution >= 4 is 17.6 Å². The first-order chi connectivity index (χ1) is 10.0. The molecule has 21 heavy (non-hydrogen) atoms. The van der Waals surface area contributed by atoms with E-state index in [4.69, 9.17) is 5.11 Å². The number of anilines is 1. The van der Waals surface area contributed by atoms with Gasteiger partial charge in [-0.15, -0.1) is 0 Å². The third kappa shape index (κ3) is 6.24. The highest BCUT2D eigenvalue weighted by Crippen LogP contribution is 2.21. The maximum Gasteiger partial charge on any atom is 0.321 e. The van der Waals surface area contributed by atoms with E-state index in [0.29, 0.717) is 6.54 Å². The van der Waals surface area contributed by atoms with Gasteiger partial charge in [0.15, 0.2) is 0 Å². The number of aromatic hydroxyl groups is 1. The molecule has 0 spiro atoms. The molecule has 0 unspecified atom stereocenters. The van der Waals surface area contributed by atoms with Crippen LogP contribution in [0.25, 0.3) is 0 Å². The summed E-state index contributed by atoms with van der Waals surface area (Å²) in [6, 6.07) is 5.34. The van der Waals surface area contributed by atoms with Crippen LogP contribution in [-0.4, -0.2) is 48.3 Å². The van der Waals surface area contributed by atoms with Crippen molar-refractivity contribution in [3.8, 4) is 5.75 Å². The molecule has 0 bridgehead atoms. The number of carboxylic acids is 1. The number of hydrogen-bond donors (Lipinski definition) is 5. The third-order valence-corrected chi connectivity index (χ3v) is 2.86. The smallest absolute Gasteiger partial charge is 0.321 e. The van der Waals surface area contributed by atoms with Gasteiger partial charge in [0, 0.05) is 0 Å². The van der Waals surface area contributed by atoms with Crippen molar-refractivity contribution in [2.24, 2.45) is 0 Å². The number of aliphatic carboxylic acids is 1. The number of carbonyl (C=O) groups is 2. The van der Waals surface area contributed by atoms with Crippen LogP contribution in [0.2, 0.25) is 0 Å². The molecule has 0 aliphatic carbocycles. The predicted molar refractivity (Wildman–Crippen MR) is 79.3 cm³/mol. The molecular weight excluding hydrogens is 274 g/mol. The number of phenolic OH excluding ortho intramolecular Hbond substituents is 1. The fraction of sp³-hybridized carbons (Fsp3) is 0.429. The second kappa shape index (κ2) is 8.93. The summed E-state index contributed by atoms with van der Waals surface area (Å²) in [5.41, 5.74) is 0.266. The molecule has 0 fully saturated rings. The largest absolute Gasteiger partial charge is 0.506 e. The number of hydrogen-bond acceptors (Lipinski definition) is 5. The van der Waals surface area contributed by atoms with Gasteiger partial charge >= 0.3 is 5.97 Å². The first kappa shape index (κ1) is 16.9. The number of nitrogens with one attached hydrogen (secondary N) is 3. The van der Waals surface area contributed by atoms with E-state index >= 15 is 0 Å². The Morgan fingerprint density at radius 1 is 1.24 bits per heavy atom. The Balaban J connectivity index is 2.49. The van der Waals surface area contributed by atoms with Crippen LogP contribution in [-0.2, 0) is 9.59 Å². The summed E-state index contributed by atoms with van der Waals surface area (Å²) < 4.78 is 0. The van der Waals surface area contributed by atoms with E-state index in [1.807, 2.05) is 7.05 Å². The van der Waals surface area contributed by atoms with Crippen LogP contribution >= 0.6 is 0 Å². The number of benzene rings is 1. The summed E-state index contributed by atoms with van der Waals surface area (Å²) in [5.74, 6) is -1.60. The van der Waals surface area contributed by atoms with E-state index in [1.165, 1.54) is 6.07 Å². The lowest BCUT2D eigenvalue weighted by atomic mass is 10.2. The van der Waals surface area contributed by atoms with Gasteiger partial charge in [-0.05, 0) is 38.7 Å². The van der Waals surface area contributed by atoms with Gasteiger partial charge in [0.05, 0.1) is 12.1 Å². The zero-order valence-corrected chi connectivity index (χ0v) is 11.9. The Bertz CT molecular complexity index is 479. The second-order valence-corrected chi connectivity index (χ2v) is 4.57. The molecule has 0 radical (unpaired) electrons. The van der Waals surface area contributed by atoms with Crippen molar-refractivity contribution in [3.63, 3.8) is 0 Å². The van der Waals surface area contributed by atoms with Gasteiger partial charge in [-0.25, -0.2) is 0 Å². The molecule has 1 amide bonds. The topological polar surface area (TPSA) is 111 Å². The molecule has 1 aromatic carbocycles. The highest BCUT2D eigenvalue weighted by molar-refractivity contribution is 5.95. The molecule has 0 aromatic heterocycles. The summed E-state index contributed by atoms with van der Waals surface area (Å²) in [6.45, 7) is 1.27. The van der Waals surface area contributed by atoms with Crippen LogP contribution < -0.4 is 16.0 Å². The molecule has 1 rings (SSSR count). The average molecular weight is 295 g/mol. The number of carbonyl (C=O) groups excluding carboxylic acids is 1. The zero-order chi connectivity index (χ0) is 15.7. The highest BCUT2D eigenvalue weighted by atomic mass is 16.4. The fourth-order valence-corrected chi connectivity index (χ4v) is 1.75. The molecule has 0 aliphatic heterocycles. The lowest BCUT2D eigenvalue weighted by molar-refractivity contribution is -0.141. The van der Waals surface area contributed by atoms with E-state index in [2.05, 4.69) is 16.0 Å². The van der Waals surface area contributed by atoms with Crippen LogP contribution in [0.1, 0.15) is 12.8 Å². The first-order valence-corrected chi connectivity index (χ1v) is 6.73. The Kier molecular flexibility index (Phi) is 7.20. The van der Waals surface area contributed by atoms with E-state index in [9.17, 15) is 14.7 Å². The SMILES string of the molecule is CNCCCN[C@H](CC(=O)Nc1ccccc1O)C(=O)O. The maximum atomic E-state index is 11.8. The minimum absolute atomic E-state index is 0.0558. The molecule has 0 saturated heterocycles. The normalized spacial score (nSPS) is 11.9.